The molecule has 0 aliphatic rings. The van der Waals surface area contributed by atoms with Gasteiger partial charge in [0, 0.05) is 32.4 Å². The smallest absolute Gasteiger partial charge is 0.0749 e. The van der Waals surface area contributed by atoms with Crippen molar-refractivity contribution in [2.45, 2.75) is 31.4 Å². The molecule has 2 heterocycles. The van der Waals surface area contributed by atoms with Gasteiger partial charge in [0.05, 0.1) is 17.2 Å². The third-order valence-corrected chi connectivity index (χ3v) is 5.82. The zero-order valence-corrected chi connectivity index (χ0v) is 13.5. The Morgan fingerprint density at radius 2 is 2.22 bits per heavy atom. The summed E-state index contributed by atoms with van der Waals surface area (Å²) in [6.07, 6.45) is 1.94. The Morgan fingerprint density at radius 1 is 1.44 bits per heavy atom. The fourth-order valence-corrected chi connectivity index (χ4v) is 4.69. The Morgan fingerprint density at radius 3 is 2.78 bits per heavy atom. The standard InChI is InChI=1S/C12H15BrN2OS2/c1-9(2)15-5-3-10(14-15)7-18(16)8-12-11(13)4-6-17-12/h3-6,9H,7-8H2,1-2H3/t18-/m1/s1. The van der Waals surface area contributed by atoms with Crippen LogP contribution in [0.2, 0.25) is 0 Å². The average molecular weight is 347 g/mol. The molecule has 0 fully saturated rings. The molecule has 0 unspecified atom stereocenters. The SMILES string of the molecule is CC(C)n1ccc(C[S@@](=O)Cc2sccc2Br)n1. The van der Waals surface area contributed by atoms with Crippen molar-refractivity contribution in [3.8, 4) is 0 Å². The van der Waals surface area contributed by atoms with Gasteiger partial charge in [0.1, 0.15) is 0 Å². The van der Waals surface area contributed by atoms with Crippen LogP contribution in [0, 0.1) is 0 Å². The van der Waals surface area contributed by atoms with E-state index in [0.29, 0.717) is 17.5 Å². The number of nitrogens with zero attached hydrogens (tertiary/aromatic N) is 2. The predicted molar refractivity (Wildman–Crippen MR) is 80.2 cm³/mol. The Balaban J connectivity index is 1.97. The fraction of sp³-hybridized carbons (Fsp3) is 0.417. The summed E-state index contributed by atoms with van der Waals surface area (Å²) in [6.45, 7) is 4.16. The summed E-state index contributed by atoms with van der Waals surface area (Å²) >= 11 is 5.09. The zero-order chi connectivity index (χ0) is 13.1. The zero-order valence-electron chi connectivity index (χ0n) is 10.3. The summed E-state index contributed by atoms with van der Waals surface area (Å²) in [5, 5.41) is 6.42. The van der Waals surface area contributed by atoms with Crippen molar-refractivity contribution >= 4 is 38.1 Å². The summed E-state index contributed by atoms with van der Waals surface area (Å²) in [7, 11) is -0.906. The van der Waals surface area contributed by atoms with Gasteiger partial charge in [-0.1, -0.05) is 0 Å². The van der Waals surface area contributed by atoms with E-state index in [-0.39, 0.29) is 0 Å². The lowest BCUT2D eigenvalue weighted by Gasteiger charge is -2.03. The van der Waals surface area contributed by atoms with E-state index in [1.165, 1.54) is 0 Å². The highest BCUT2D eigenvalue weighted by molar-refractivity contribution is 9.10. The third kappa shape index (κ3) is 3.52. The van der Waals surface area contributed by atoms with Crippen LogP contribution in [0.4, 0.5) is 0 Å². The van der Waals surface area contributed by atoms with Crippen molar-refractivity contribution in [3.05, 3.63) is 38.8 Å². The Kier molecular flexibility index (Phi) is 4.75. The highest BCUT2D eigenvalue weighted by Crippen LogP contribution is 2.24. The molecular formula is C12H15BrN2OS2. The first-order valence-corrected chi connectivity index (χ1v) is 8.83. The number of halogens is 1. The van der Waals surface area contributed by atoms with Crippen molar-refractivity contribution in [2.24, 2.45) is 0 Å². The normalized spacial score (nSPS) is 13.1. The van der Waals surface area contributed by atoms with Crippen LogP contribution in [0.5, 0.6) is 0 Å². The maximum atomic E-state index is 12.1. The van der Waals surface area contributed by atoms with Gasteiger partial charge in [0.2, 0.25) is 0 Å². The van der Waals surface area contributed by atoms with Crippen LogP contribution in [-0.4, -0.2) is 14.0 Å². The quantitative estimate of drug-likeness (QED) is 0.826. The molecule has 0 radical (unpaired) electrons. The molecule has 3 nitrogen and oxygen atoms in total. The van der Waals surface area contributed by atoms with Crippen LogP contribution in [0.3, 0.4) is 0 Å². The maximum Gasteiger partial charge on any atom is 0.0749 e. The van der Waals surface area contributed by atoms with Gasteiger partial charge in [-0.05, 0) is 47.3 Å². The van der Waals surface area contributed by atoms with E-state index in [1.807, 2.05) is 28.4 Å². The van der Waals surface area contributed by atoms with Crippen LogP contribution in [-0.2, 0) is 22.3 Å². The molecule has 0 N–H and O–H groups in total. The van der Waals surface area contributed by atoms with Crippen molar-refractivity contribution in [1.82, 2.24) is 9.78 Å². The summed E-state index contributed by atoms with van der Waals surface area (Å²) in [6, 6.07) is 4.28. The summed E-state index contributed by atoms with van der Waals surface area (Å²) < 4.78 is 15.0. The van der Waals surface area contributed by atoms with E-state index in [9.17, 15) is 4.21 Å². The molecule has 0 aliphatic carbocycles. The number of rotatable bonds is 5. The van der Waals surface area contributed by atoms with Gasteiger partial charge in [-0.25, -0.2) is 0 Å². The monoisotopic (exact) mass is 346 g/mol. The van der Waals surface area contributed by atoms with Gasteiger partial charge < -0.3 is 0 Å². The first-order valence-electron chi connectivity index (χ1n) is 5.67. The second kappa shape index (κ2) is 6.12. The molecule has 1 atom stereocenters. The highest BCUT2D eigenvalue weighted by Gasteiger charge is 2.10. The average Bonchev–Trinajstić information content (AvgIpc) is 2.89. The molecule has 0 spiro atoms. The maximum absolute atomic E-state index is 12.1. The molecule has 0 amide bonds. The topological polar surface area (TPSA) is 34.9 Å². The molecule has 0 aliphatic heterocycles. The number of aromatic nitrogens is 2. The van der Waals surface area contributed by atoms with Crippen LogP contribution < -0.4 is 0 Å². The molecule has 0 saturated heterocycles. The number of thiophene rings is 1. The lowest BCUT2D eigenvalue weighted by molar-refractivity contribution is 0.528. The Labute approximate surface area is 122 Å². The molecule has 0 bridgehead atoms. The largest absolute Gasteiger partial charge is 0.270 e. The van der Waals surface area contributed by atoms with Gasteiger partial charge in [-0.3, -0.25) is 8.89 Å². The van der Waals surface area contributed by atoms with Gasteiger partial charge in [-0.2, -0.15) is 5.10 Å². The number of hydrogen-bond donors (Lipinski definition) is 0. The van der Waals surface area contributed by atoms with Crippen LogP contribution >= 0.6 is 27.3 Å². The van der Waals surface area contributed by atoms with E-state index >= 15 is 0 Å². The van der Waals surface area contributed by atoms with E-state index in [2.05, 4.69) is 34.9 Å². The van der Waals surface area contributed by atoms with Gasteiger partial charge in [0.15, 0.2) is 0 Å². The van der Waals surface area contributed by atoms with Crippen molar-refractivity contribution in [2.75, 3.05) is 0 Å². The molecule has 0 aromatic carbocycles. The van der Waals surface area contributed by atoms with E-state index in [0.717, 1.165) is 15.0 Å². The van der Waals surface area contributed by atoms with Gasteiger partial charge in [-0.15, -0.1) is 11.3 Å². The van der Waals surface area contributed by atoms with E-state index in [4.69, 9.17) is 0 Å². The predicted octanol–water partition coefficient (Wildman–Crippen LogP) is 3.74. The lowest BCUT2D eigenvalue weighted by atomic mass is 10.4. The fourth-order valence-electron chi connectivity index (χ4n) is 1.53. The van der Waals surface area contributed by atoms with E-state index < -0.39 is 10.8 Å². The lowest BCUT2D eigenvalue weighted by Crippen LogP contribution is -2.04. The third-order valence-electron chi connectivity index (χ3n) is 2.48. The molecule has 18 heavy (non-hydrogen) atoms. The minimum absolute atomic E-state index is 0.346. The number of hydrogen-bond acceptors (Lipinski definition) is 3. The van der Waals surface area contributed by atoms with Gasteiger partial charge in [0.25, 0.3) is 0 Å². The van der Waals surface area contributed by atoms with Crippen LogP contribution in [0.15, 0.2) is 28.2 Å². The molecule has 98 valence electrons. The molecule has 2 aromatic heterocycles. The molecular weight excluding hydrogens is 332 g/mol. The molecule has 2 rings (SSSR count). The highest BCUT2D eigenvalue weighted by atomic mass is 79.9. The first-order chi connectivity index (χ1) is 8.56. The Hall–Kier alpha value is -0.460. The van der Waals surface area contributed by atoms with Crippen molar-refractivity contribution in [3.63, 3.8) is 0 Å². The van der Waals surface area contributed by atoms with Gasteiger partial charge >= 0.3 is 0 Å². The molecule has 2 aromatic rings. The minimum Gasteiger partial charge on any atom is -0.270 e. The van der Waals surface area contributed by atoms with Crippen LogP contribution in [0.1, 0.15) is 30.5 Å². The van der Waals surface area contributed by atoms with Crippen molar-refractivity contribution in [1.29, 1.82) is 0 Å². The van der Waals surface area contributed by atoms with Crippen LogP contribution in [0.25, 0.3) is 0 Å². The second-order valence-corrected chi connectivity index (χ2v) is 7.61. The minimum atomic E-state index is -0.906. The Bertz CT molecular complexity index is 548. The second-order valence-electron chi connectivity index (χ2n) is 4.30. The first kappa shape index (κ1) is 14.0. The summed E-state index contributed by atoms with van der Waals surface area (Å²) in [5.41, 5.74) is 0.898. The molecule has 0 saturated carbocycles. The van der Waals surface area contributed by atoms with E-state index in [1.54, 1.807) is 11.3 Å². The summed E-state index contributed by atoms with van der Waals surface area (Å²) in [5.74, 6) is 1.11. The summed E-state index contributed by atoms with van der Waals surface area (Å²) in [4.78, 5) is 1.14. The molecule has 6 heteroatoms. The van der Waals surface area contributed by atoms with Crippen molar-refractivity contribution < 1.29 is 4.21 Å².